The number of halogens is 1. The lowest BCUT2D eigenvalue weighted by Crippen LogP contribution is -2.33. The van der Waals surface area contributed by atoms with Gasteiger partial charge in [0.2, 0.25) is 11.7 Å². The van der Waals surface area contributed by atoms with Crippen molar-refractivity contribution in [1.29, 1.82) is 0 Å². The Morgan fingerprint density at radius 1 is 1.30 bits per heavy atom. The van der Waals surface area contributed by atoms with Crippen LogP contribution in [0.2, 0.25) is 0 Å². The van der Waals surface area contributed by atoms with Gasteiger partial charge in [-0.2, -0.15) is 0 Å². The maximum Gasteiger partial charge on any atom is 0.371 e. The van der Waals surface area contributed by atoms with E-state index < -0.39 is 5.97 Å². The van der Waals surface area contributed by atoms with Crippen LogP contribution in [0.4, 0.5) is 5.69 Å². The van der Waals surface area contributed by atoms with E-state index in [0.29, 0.717) is 23.4 Å². The molecule has 0 saturated heterocycles. The molecule has 8 heteroatoms. The van der Waals surface area contributed by atoms with Gasteiger partial charge >= 0.3 is 5.97 Å². The molecule has 6 nitrogen and oxygen atoms in total. The van der Waals surface area contributed by atoms with Gasteiger partial charge in [-0.15, -0.1) is 0 Å². The van der Waals surface area contributed by atoms with E-state index in [-0.39, 0.29) is 16.8 Å². The number of benzene rings is 1. The largest absolute Gasteiger partial charge is 0.475 e. The van der Waals surface area contributed by atoms with Gasteiger partial charge in [0.15, 0.2) is 5.11 Å². The molecule has 0 bridgehead atoms. The van der Waals surface area contributed by atoms with Crippen molar-refractivity contribution in [2.75, 3.05) is 5.32 Å². The number of carboxylic acid groups (broad SMARTS) is 1. The molecule has 2 aromatic rings. The normalized spacial score (nSPS) is 10.2. The van der Waals surface area contributed by atoms with Gasteiger partial charge in [-0.05, 0) is 42.5 Å². The highest BCUT2D eigenvalue weighted by Crippen LogP contribution is 2.32. The first-order valence-corrected chi connectivity index (χ1v) is 7.84. The first-order valence-electron chi connectivity index (χ1n) is 6.64. The van der Waals surface area contributed by atoms with Gasteiger partial charge in [0.25, 0.3) is 0 Å². The minimum Gasteiger partial charge on any atom is -0.475 e. The SMILES string of the molecule is CCC(=O)NC(=S)Nc1cc(Br)ccc1-c1ccc(C(=O)O)o1. The van der Waals surface area contributed by atoms with Crippen LogP contribution in [0.5, 0.6) is 0 Å². The van der Waals surface area contributed by atoms with E-state index in [9.17, 15) is 9.59 Å². The second kappa shape index (κ2) is 7.38. The van der Waals surface area contributed by atoms with Crippen molar-refractivity contribution in [2.45, 2.75) is 13.3 Å². The molecule has 1 aromatic heterocycles. The molecule has 0 aliphatic carbocycles. The van der Waals surface area contributed by atoms with Crippen LogP contribution in [0.3, 0.4) is 0 Å². The summed E-state index contributed by atoms with van der Waals surface area (Å²) in [6.45, 7) is 1.72. The van der Waals surface area contributed by atoms with Gasteiger partial charge in [-0.3, -0.25) is 4.79 Å². The lowest BCUT2D eigenvalue weighted by Gasteiger charge is -2.12. The number of carbonyl (C=O) groups excluding carboxylic acids is 1. The maximum absolute atomic E-state index is 11.4. The predicted octanol–water partition coefficient (Wildman–Crippen LogP) is 3.63. The van der Waals surface area contributed by atoms with Crippen LogP contribution in [0.15, 0.2) is 39.2 Å². The summed E-state index contributed by atoms with van der Waals surface area (Å²) in [4.78, 5) is 22.3. The smallest absolute Gasteiger partial charge is 0.371 e. The van der Waals surface area contributed by atoms with Crippen molar-refractivity contribution in [3.05, 3.63) is 40.6 Å². The van der Waals surface area contributed by atoms with E-state index in [1.54, 1.807) is 31.2 Å². The van der Waals surface area contributed by atoms with Crippen LogP contribution in [-0.2, 0) is 4.79 Å². The molecule has 1 aromatic carbocycles. The fourth-order valence-electron chi connectivity index (χ4n) is 1.80. The lowest BCUT2D eigenvalue weighted by molar-refractivity contribution is -0.119. The number of hydrogen-bond acceptors (Lipinski definition) is 4. The molecule has 1 heterocycles. The average molecular weight is 397 g/mol. The van der Waals surface area contributed by atoms with Crippen molar-refractivity contribution in [3.8, 4) is 11.3 Å². The highest BCUT2D eigenvalue weighted by Gasteiger charge is 2.14. The molecular formula is C15H13BrN2O4S. The Morgan fingerprint density at radius 3 is 2.65 bits per heavy atom. The zero-order valence-electron chi connectivity index (χ0n) is 12.1. The lowest BCUT2D eigenvalue weighted by atomic mass is 10.1. The number of rotatable bonds is 4. The number of hydrogen-bond donors (Lipinski definition) is 3. The molecule has 3 N–H and O–H groups in total. The summed E-state index contributed by atoms with van der Waals surface area (Å²) in [7, 11) is 0. The molecule has 0 atom stereocenters. The van der Waals surface area contributed by atoms with Crippen LogP contribution in [0.1, 0.15) is 23.9 Å². The van der Waals surface area contributed by atoms with Gasteiger partial charge in [-0.25, -0.2) is 4.79 Å². The van der Waals surface area contributed by atoms with Crippen LogP contribution in [0.25, 0.3) is 11.3 Å². The van der Waals surface area contributed by atoms with E-state index >= 15 is 0 Å². The minimum atomic E-state index is -1.14. The number of carboxylic acids is 1. The Kier molecular flexibility index (Phi) is 5.51. The molecule has 0 fully saturated rings. The standard InChI is InChI=1S/C15H13BrN2O4S/c1-2-13(19)18-15(23)17-10-7-8(16)3-4-9(10)11-5-6-12(22-11)14(20)21/h3-7H,2H2,1H3,(H,20,21)(H2,17,18,19,23). The van der Waals surface area contributed by atoms with Gasteiger partial charge in [0.05, 0.1) is 5.69 Å². The molecular weight excluding hydrogens is 384 g/mol. The topological polar surface area (TPSA) is 91.6 Å². The van der Waals surface area contributed by atoms with E-state index in [1.165, 1.54) is 6.07 Å². The van der Waals surface area contributed by atoms with Crippen LogP contribution in [-0.4, -0.2) is 22.1 Å². The molecule has 23 heavy (non-hydrogen) atoms. The Labute approximate surface area is 146 Å². The molecule has 120 valence electrons. The van der Waals surface area contributed by atoms with Crippen molar-refractivity contribution in [2.24, 2.45) is 0 Å². The molecule has 0 radical (unpaired) electrons. The number of thiocarbonyl (C=S) groups is 1. The second-order valence-corrected chi connectivity index (χ2v) is 5.84. The number of anilines is 1. The first kappa shape index (κ1) is 17.2. The van der Waals surface area contributed by atoms with Crippen LogP contribution < -0.4 is 10.6 Å². The molecule has 2 rings (SSSR count). The average Bonchev–Trinajstić information content (AvgIpc) is 2.97. The quantitative estimate of drug-likeness (QED) is 0.683. The summed E-state index contributed by atoms with van der Waals surface area (Å²) in [6, 6.07) is 8.23. The molecule has 0 spiro atoms. The Hall–Kier alpha value is -2.19. The zero-order valence-corrected chi connectivity index (χ0v) is 14.5. The molecule has 0 aliphatic rings. The summed E-state index contributed by atoms with van der Waals surface area (Å²) in [5.41, 5.74) is 1.20. The van der Waals surface area contributed by atoms with E-state index in [2.05, 4.69) is 26.6 Å². The number of carbonyl (C=O) groups is 2. The number of furan rings is 1. The summed E-state index contributed by atoms with van der Waals surface area (Å²) < 4.78 is 6.10. The van der Waals surface area contributed by atoms with E-state index in [4.69, 9.17) is 21.7 Å². The molecule has 1 amide bonds. The summed E-state index contributed by atoms with van der Waals surface area (Å²) >= 11 is 8.45. The van der Waals surface area contributed by atoms with Gasteiger partial charge in [-0.1, -0.05) is 22.9 Å². The first-order chi connectivity index (χ1) is 10.9. The van der Waals surface area contributed by atoms with E-state index in [1.807, 2.05) is 0 Å². The number of amides is 1. The minimum absolute atomic E-state index is 0.154. The highest BCUT2D eigenvalue weighted by molar-refractivity contribution is 9.10. The van der Waals surface area contributed by atoms with Gasteiger partial charge < -0.3 is 20.2 Å². The maximum atomic E-state index is 11.4. The van der Waals surface area contributed by atoms with E-state index in [0.717, 1.165) is 4.47 Å². The molecule has 0 unspecified atom stereocenters. The highest BCUT2D eigenvalue weighted by atomic mass is 79.9. The Morgan fingerprint density at radius 2 is 2.04 bits per heavy atom. The number of aromatic carboxylic acids is 1. The monoisotopic (exact) mass is 396 g/mol. The fourth-order valence-corrected chi connectivity index (χ4v) is 2.39. The third kappa shape index (κ3) is 4.40. The summed E-state index contributed by atoms with van der Waals surface area (Å²) in [6.07, 6.45) is 0.313. The van der Waals surface area contributed by atoms with Crippen LogP contribution >= 0.6 is 28.1 Å². The predicted molar refractivity (Wildman–Crippen MR) is 93.5 cm³/mol. The van der Waals surface area contributed by atoms with Crippen molar-refractivity contribution in [3.63, 3.8) is 0 Å². The molecule has 0 aliphatic heterocycles. The zero-order chi connectivity index (χ0) is 17.0. The summed E-state index contributed by atoms with van der Waals surface area (Å²) in [5.74, 6) is -1.13. The third-order valence-electron chi connectivity index (χ3n) is 2.89. The van der Waals surface area contributed by atoms with Crippen molar-refractivity contribution in [1.82, 2.24) is 5.32 Å². The van der Waals surface area contributed by atoms with Crippen molar-refractivity contribution < 1.29 is 19.1 Å². The van der Waals surface area contributed by atoms with Crippen LogP contribution in [0, 0.1) is 0 Å². The third-order valence-corrected chi connectivity index (χ3v) is 3.58. The van der Waals surface area contributed by atoms with Crippen molar-refractivity contribution >= 4 is 50.8 Å². The Balaban J connectivity index is 2.31. The van der Waals surface area contributed by atoms with Gasteiger partial charge in [0, 0.05) is 16.5 Å². The summed E-state index contributed by atoms with van der Waals surface area (Å²) in [5, 5.41) is 14.6. The second-order valence-electron chi connectivity index (χ2n) is 4.51. The fraction of sp³-hybridized carbons (Fsp3) is 0.133. The Bertz CT molecular complexity index is 773. The van der Waals surface area contributed by atoms with Gasteiger partial charge in [0.1, 0.15) is 5.76 Å². The number of nitrogens with one attached hydrogen (secondary N) is 2. The molecule has 0 saturated carbocycles.